The van der Waals surface area contributed by atoms with Crippen molar-refractivity contribution >= 4 is 23.5 Å². The Bertz CT molecular complexity index is 932. The van der Waals surface area contributed by atoms with E-state index in [1.807, 2.05) is 41.8 Å². The number of carbonyl (C=O) groups is 3. The molecule has 1 saturated heterocycles. The van der Waals surface area contributed by atoms with Gasteiger partial charge in [-0.1, -0.05) is 6.07 Å². The molecule has 0 aliphatic carbocycles. The van der Waals surface area contributed by atoms with Gasteiger partial charge >= 0.3 is 5.97 Å². The lowest BCUT2D eigenvalue weighted by molar-refractivity contribution is -0.117. The fraction of sp³-hybridized carbons (Fsp3) is 0.348. The summed E-state index contributed by atoms with van der Waals surface area (Å²) in [6.07, 6.45) is 0. The molecule has 0 spiro atoms. The topological polar surface area (TPSA) is 79.0 Å². The molecule has 0 aromatic heterocycles. The third kappa shape index (κ3) is 5.24. The lowest BCUT2D eigenvalue weighted by Crippen LogP contribution is -2.50. The van der Waals surface area contributed by atoms with Gasteiger partial charge in [-0.25, -0.2) is 4.79 Å². The van der Waals surface area contributed by atoms with Crippen molar-refractivity contribution in [2.45, 2.75) is 13.8 Å². The van der Waals surface area contributed by atoms with E-state index >= 15 is 0 Å². The molecule has 0 unspecified atom stereocenters. The molecule has 1 N–H and O–H groups in total. The number of hydrogen-bond donors (Lipinski definition) is 1. The Morgan fingerprint density at radius 1 is 0.900 bits per heavy atom. The number of methoxy groups -OCH3 is 1. The van der Waals surface area contributed by atoms with Crippen LogP contribution in [0.4, 0.5) is 5.69 Å². The van der Waals surface area contributed by atoms with Gasteiger partial charge in [0.05, 0.1) is 19.2 Å². The van der Waals surface area contributed by atoms with E-state index in [0.29, 0.717) is 43.0 Å². The Labute approximate surface area is 176 Å². The number of benzene rings is 2. The van der Waals surface area contributed by atoms with Gasteiger partial charge in [-0.15, -0.1) is 0 Å². The molecule has 1 aliphatic rings. The maximum Gasteiger partial charge on any atom is 0.337 e. The zero-order valence-electron chi connectivity index (χ0n) is 17.6. The number of nitrogens with zero attached hydrogens (tertiary/aromatic N) is 2. The molecule has 0 atom stereocenters. The minimum Gasteiger partial charge on any atom is -0.465 e. The van der Waals surface area contributed by atoms with Crippen LogP contribution in [0.1, 0.15) is 31.8 Å². The molecule has 7 nitrogen and oxygen atoms in total. The molecule has 2 aromatic rings. The van der Waals surface area contributed by atoms with Crippen molar-refractivity contribution in [3.63, 3.8) is 0 Å². The zero-order valence-corrected chi connectivity index (χ0v) is 17.6. The van der Waals surface area contributed by atoms with Crippen molar-refractivity contribution in [1.82, 2.24) is 9.80 Å². The molecule has 0 bridgehead atoms. The van der Waals surface area contributed by atoms with E-state index in [2.05, 4.69) is 10.1 Å². The fourth-order valence-corrected chi connectivity index (χ4v) is 3.38. The SMILES string of the molecule is COC(=O)c1ccc(NC(=O)CN2CCN(C(=O)c3ccc(C)c(C)c3)CC2)cc1. The molecule has 1 heterocycles. The highest BCUT2D eigenvalue weighted by Gasteiger charge is 2.23. The van der Waals surface area contributed by atoms with Crippen LogP contribution in [0.5, 0.6) is 0 Å². The molecule has 30 heavy (non-hydrogen) atoms. The smallest absolute Gasteiger partial charge is 0.337 e. The highest BCUT2D eigenvalue weighted by molar-refractivity contribution is 5.95. The van der Waals surface area contributed by atoms with Gasteiger partial charge in [0.2, 0.25) is 5.91 Å². The van der Waals surface area contributed by atoms with Crippen molar-refractivity contribution in [2.75, 3.05) is 45.2 Å². The number of aryl methyl sites for hydroxylation is 2. The van der Waals surface area contributed by atoms with Crippen LogP contribution in [0.25, 0.3) is 0 Å². The number of anilines is 1. The lowest BCUT2D eigenvalue weighted by atomic mass is 10.1. The molecule has 0 saturated carbocycles. The third-order valence-electron chi connectivity index (χ3n) is 5.37. The van der Waals surface area contributed by atoms with Crippen LogP contribution in [0, 0.1) is 13.8 Å². The summed E-state index contributed by atoms with van der Waals surface area (Å²) in [5, 5.41) is 2.83. The molecule has 0 radical (unpaired) electrons. The van der Waals surface area contributed by atoms with Gasteiger partial charge in [-0.05, 0) is 61.4 Å². The van der Waals surface area contributed by atoms with Crippen LogP contribution >= 0.6 is 0 Å². The summed E-state index contributed by atoms with van der Waals surface area (Å²) in [5.74, 6) is -0.510. The number of piperazine rings is 1. The van der Waals surface area contributed by atoms with Crippen molar-refractivity contribution in [3.05, 3.63) is 64.7 Å². The minimum absolute atomic E-state index is 0.0351. The Kier molecular flexibility index (Phi) is 6.84. The molecule has 1 fully saturated rings. The van der Waals surface area contributed by atoms with Gasteiger partial charge in [0.15, 0.2) is 0 Å². The number of ether oxygens (including phenoxy) is 1. The van der Waals surface area contributed by atoms with E-state index in [9.17, 15) is 14.4 Å². The number of esters is 1. The zero-order chi connectivity index (χ0) is 21.7. The van der Waals surface area contributed by atoms with Gasteiger partial charge in [-0.2, -0.15) is 0 Å². The van der Waals surface area contributed by atoms with E-state index in [1.54, 1.807) is 24.3 Å². The van der Waals surface area contributed by atoms with Crippen LogP contribution in [0.3, 0.4) is 0 Å². The predicted octanol–water partition coefficient (Wildman–Crippen LogP) is 2.49. The summed E-state index contributed by atoms with van der Waals surface area (Å²) in [4.78, 5) is 40.4. The Morgan fingerprint density at radius 3 is 2.13 bits per heavy atom. The number of carbonyl (C=O) groups excluding carboxylic acids is 3. The van der Waals surface area contributed by atoms with Crippen molar-refractivity contribution in [3.8, 4) is 0 Å². The van der Waals surface area contributed by atoms with E-state index < -0.39 is 5.97 Å². The monoisotopic (exact) mass is 409 g/mol. The highest BCUT2D eigenvalue weighted by Crippen LogP contribution is 2.14. The van der Waals surface area contributed by atoms with E-state index in [-0.39, 0.29) is 18.4 Å². The van der Waals surface area contributed by atoms with Crippen LogP contribution in [-0.2, 0) is 9.53 Å². The second-order valence-electron chi connectivity index (χ2n) is 7.48. The summed E-state index contributed by atoms with van der Waals surface area (Å²) in [6.45, 7) is 6.76. The average molecular weight is 409 g/mol. The molecule has 1 aliphatic heterocycles. The van der Waals surface area contributed by atoms with Gasteiger partial charge in [0.1, 0.15) is 0 Å². The first kappa shape index (κ1) is 21.5. The Morgan fingerprint density at radius 2 is 1.53 bits per heavy atom. The first-order valence-corrected chi connectivity index (χ1v) is 9.94. The lowest BCUT2D eigenvalue weighted by Gasteiger charge is -2.34. The Hall–Kier alpha value is -3.19. The van der Waals surface area contributed by atoms with E-state index in [4.69, 9.17) is 0 Å². The molecular formula is C23H27N3O4. The fourth-order valence-electron chi connectivity index (χ4n) is 3.38. The summed E-state index contributed by atoms with van der Waals surface area (Å²) in [6, 6.07) is 12.3. The van der Waals surface area contributed by atoms with Crippen molar-refractivity contribution in [1.29, 1.82) is 0 Å². The summed E-state index contributed by atoms with van der Waals surface area (Å²) >= 11 is 0. The van der Waals surface area contributed by atoms with Crippen LogP contribution in [-0.4, -0.2) is 67.4 Å². The van der Waals surface area contributed by atoms with Crippen LogP contribution in [0.15, 0.2) is 42.5 Å². The minimum atomic E-state index is -0.416. The van der Waals surface area contributed by atoms with Gasteiger partial charge < -0.3 is 15.0 Å². The van der Waals surface area contributed by atoms with Gasteiger partial charge in [-0.3, -0.25) is 14.5 Å². The van der Waals surface area contributed by atoms with Gasteiger partial charge in [0.25, 0.3) is 5.91 Å². The number of hydrogen-bond acceptors (Lipinski definition) is 5. The summed E-state index contributed by atoms with van der Waals surface area (Å²) in [5.41, 5.74) is 4.04. The first-order valence-electron chi connectivity index (χ1n) is 9.94. The van der Waals surface area contributed by atoms with Crippen molar-refractivity contribution in [2.24, 2.45) is 0 Å². The molecule has 158 valence electrons. The molecule has 3 rings (SSSR count). The summed E-state index contributed by atoms with van der Waals surface area (Å²) < 4.78 is 4.66. The highest BCUT2D eigenvalue weighted by atomic mass is 16.5. The van der Waals surface area contributed by atoms with Crippen LogP contribution < -0.4 is 5.32 Å². The molecule has 2 amide bonds. The standard InChI is InChI=1S/C23H27N3O4/c1-16-4-5-19(14-17(16)2)22(28)26-12-10-25(11-13-26)15-21(27)24-20-8-6-18(7-9-20)23(29)30-3/h4-9,14H,10-13,15H2,1-3H3,(H,24,27). The maximum absolute atomic E-state index is 12.7. The largest absolute Gasteiger partial charge is 0.465 e. The third-order valence-corrected chi connectivity index (χ3v) is 5.37. The second-order valence-corrected chi connectivity index (χ2v) is 7.48. The van der Waals surface area contributed by atoms with Crippen LogP contribution in [0.2, 0.25) is 0 Å². The number of nitrogens with one attached hydrogen (secondary N) is 1. The van der Waals surface area contributed by atoms with E-state index in [1.165, 1.54) is 12.7 Å². The van der Waals surface area contributed by atoms with Gasteiger partial charge in [0, 0.05) is 37.4 Å². The normalized spacial score (nSPS) is 14.3. The second kappa shape index (κ2) is 9.54. The van der Waals surface area contributed by atoms with Crippen molar-refractivity contribution < 1.29 is 19.1 Å². The molecular weight excluding hydrogens is 382 g/mol. The Balaban J connectivity index is 1.48. The number of amides is 2. The maximum atomic E-state index is 12.7. The molecule has 2 aromatic carbocycles. The average Bonchev–Trinajstić information content (AvgIpc) is 2.75. The molecule has 7 heteroatoms. The predicted molar refractivity (Wildman–Crippen MR) is 115 cm³/mol. The summed E-state index contributed by atoms with van der Waals surface area (Å²) in [7, 11) is 1.33. The first-order chi connectivity index (χ1) is 14.4. The number of rotatable bonds is 5. The quantitative estimate of drug-likeness (QED) is 0.768. The van der Waals surface area contributed by atoms with E-state index in [0.717, 1.165) is 5.56 Å².